The van der Waals surface area contributed by atoms with Crippen molar-refractivity contribution < 1.29 is 0 Å². The third-order valence-electron chi connectivity index (χ3n) is 13.1. The van der Waals surface area contributed by atoms with Gasteiger partial charge in [0.1, 0.15) is 0 Å². The molecule has 1 heteroatoms. The second-order valence-corrected chi connectivity index (χ2v) is 16.3. The van der Waals surface area contributed by atoms with Crippen LogP contribution < -0.4 is 0 Å². The van der Waals surface area contributed by atoms with E-state index in [0.717, 1.165) is 0 Å². The lowest BCUT2D eigenvalue weighted by Crippen LogP contribution is -2.00. The quantitative estimate of drug-likeness (QED) is 0.157. The molecule has 0 aliphatic carbocycles. The highest BCUT2D eigenvalue weighted by atomic mass is 15.0. The Morgan fingerprint density at radius 1 is 0.230 bits per heavy atom. The molecule has 0 N–H and O–H groups in total. The van der Waals surface area contributed by atoms with Crippen LogP contribution in [0.1, 0.15) is 0 Å². The summed E-state index contributed by atoms with van der Waals surface area (Å²) in [6, 6.07) is 83.1. The topological polar surface area (TPSA) is 4.93 Å². The molecule has 1 aromatic heterocycles. The zero-order valence-electron chi connectivity index (χ0n) is 33.3. The highest BCUT2D eigenvalue weighted by molar-refractivity contribution is 6.32. The van der Waals surface area contributed by atoms with Gasteiger partial charge in [0.25, 0.3) is 0 Å². The Bertz CT molecular complexity index is 3760. The van der Waals surface area contributed by atoms with E-state index in [-0.39, 0.29) is 0 Å². The fraction of sp³-hybridized carbons (Fsp3) is 0. The van der Waals surface area contributed by atoms with Crippen LogP contribution in [-0.2, 0) is 0 Å². The molecule has 0 bridgehead atoms. The van der Waals surface area contributed by atoms with E-state index in [1.807, 2.05) is 0 Å². The summed E-state index contributed by atoms with van der Waals surface area (Å²) in [4.78, 5) is 0. The molecule has 0 spiro atoms. The summed E-state index contributed by atoms with van der Waals surface area (Å²) in [5, 5.41) is 17.6. The predicted octanol–water partition coefficient (Wildman–Crippen LogP) is 16.7. The molecule has 282 valence electrons. The van der Waals surface area contributed by atoms with E-state index in [0.29, 0.717) is 0 Å². The van der Waals surface area contributed by atoms with E-state index < -0.39 is 0 Å². The minimum absolute atomic E-state index is 1.21. The van der Waals surface area contributed by atoms with E-state index in [2.05, 4.69) is 229 Å². The second-order valence-electron chi connectivity index (χ2n) is 16.3. The number of hydrogen-bond donors (Lipinski definition) is 0. The Labute approximate surface area is 353 Å². The zero-order valence-corrected chi connectivity index (χ0v) is 33.3. The molecule has 61 heavy (non-hydrogen) atoms. The second kappa shape index (κ2) is 13.3. The van der Waals surface area contributed by atoms with E-state index in [9.17, 15) is 0 Å². The Balaban J connectivity index is 1.21. The summed E-state index contributed by atoms with van der Waals surface area (Å²) in [6.07, 6.45) is 0. The molecule has 0 radical (unpaired) electrons. The molecule has 0 aliphatic heterocycles. The fourth-order valence-electron chi connectivity index (χ4n) is 10.6. The maximum atomic E-state index is 2.57. The van der Waals surface area contributed by atoms with E-state index in [1.54, 1.807) is 0 Å². The monoisotopic (exact) mass is 771 g/mol. The van der Waals surface area contributed by atoms with Crippen LogP contribution in [0.15, 0.2) is 224 Å². The molecule has 0 atom stereocenters. The van der Waals surface area contributed by atoms with E-state index in [4.69, 9.17) is 0 Å². The molecule has 13 rings (SSSR count). The summed E-state index contributed by atoms with van der Waals surface area (Å²) in [5.41, 5.74) is 11.1. The predicted molar refractivity (Wildman–Crippen MR) is 262 cm³/mol. The van der Waals surface area contributed by atoms with E-state index >= 15 is 0 Å². The first kappa shape index (κ1) is 33.9. The van der Waals surface area contributed by atoms with Crippen LogP contribution in [0.25, 0.3) is 126 Å². The van der Waals surface area contributed by atoms with Gasteiger partial charge in [-0.05, 0) is 105 Å². The number of fused-ring (bicyclic) bond motifs is 11. The van der Waals surface area contributed by atoms with Gasteiger partial charge in [-0.3, -0.25) is 0 Å². The zero-order chi connectivity index (χ0) is 40.0. The molecule has 0 amide bonds. The van der Waals surface area contributed by atoms with Crippen molar-refractivity contribution in [2.75, 3.05) is 0 Å². The molecule has 1 heterocycles. The summed E-state index contributed by atoms with van der Waals surface area (Å²) >= 11 is 0. The van der Waals surface area contributed by atoms with Crippen molar-refractivity contribution >= 4 is 86.4 Å². The average Bonchev–Trinajstić information content (AvgIpc) is 3.68. The van der Waals surface area contributed by atoms with Gasteiger partial charge < -0.3 is 4.57 Å². The summed E-state index contributed by atoms with van der Waals surface area (Å²) < 4.78 is 2.57. The van der Waals surface area contributed by atoms with Crippen molar-refractivity contribution in [2.45, 2.75) is 0 Å². The van der Waals surface area contributed by atoms with Crippen LogP contribution in [0.2, 0.25) is 0 Å². The molecular weight excluding hydrogens is 735 g/mol. The summed E-state index contributed by atoms with van der Waals surface area (Å²) in [6.45, 7) is 0. The molecule has 1 nitrogen and oxygen atoms in total. The van der Waals surface area contributed by atoms with Gasteiger partial charge in [-0.25, -0.2) is 0 Å². The highest BCUT2D eigenvalue weighted by Gasteiger charge is 2.25. The first-order valence-electron chi connectivity index (χ1n) is 21.2. The van der Waals surface area contributed by atoms with Crippen LogP contribution in [0.3, 0.4) is 0 Å². The first-order chi connectivity index (χ1) is 30.3. The normalized spacial score (nSPS) is 11.9. The van der Waals surface area contributed by atoms with Gasteiger partial charge >= 0.3 is 0 Å². The van der Waals surface area contributed by atoms with Crippen molar-refractivity contribution in [1.29, 1.82) is 0 Å². The van der Waals surface area contributed by atoms with Crippen molar-refractivity contribution in [1.82, 2.24) is 4.57 Å². The maximum Gasteiger partial charge on any atom is 0.0619 e. The summed E-state index contributed by atoms with van der Waals surface area (Å²) in [5.74, 6) is 0. The molecule has 0 aliphatic rings. The lowest BCUT2D eigenvalue weighted by Gasteiger charge is -2.23. The lowest BCUT2D eigenvalue weighted by molar-refractivity contribution is 1.22. The SMILES string of the molecule is c1ccc(-c2ccc3c(-c4c5ccccc5c(-n5c6ccc7ccccc7c6c6c7ccccc7ccc65)c5ccccc45)c4ccccc4c(-c4ccccc4)c3c2)cc1. The van der Waals surface area contributed by atoms with Crippen LogP contribution in [0.5, 0.6) is 0 Å². The number of nitrogens with zero attached hydrogens (tertiary/aromatic N) is 1. The third-order valence-corrected chi connectivity index (χ3v) is 13.1. The lowest BCUT2D eigenvalue weighted by atomic mass is 9.82. The smallest absolute Gasteiger partial charge is 0.0619 e. The van der Waals surface area contributed by atoms with Gasteiger partial charge in [0.05, 0.1) is 16.7 Å². The van der Waals surface area contributed by atoms with Crippen LogP contribution >= 0.6 is 0 Å². The maximum absolute atomic E-state index is 2.57. The highest BCUT2D eigenvalue weighted by Crippen LogP contribution is 2.51. The average molecular weight is 772 g/mol. The van der Waals surface area contributed by atoms with Gasteiger partial charge in [-0.1, -0.05) is 206 Å². The fourth-order valence-corrected chi connectivity index (χ4v) is 10.6. The molecule has 13 aromatic rings. The van der Waals surface area contributed by atoms with Gasteiger partial charge in [0, 0.05) is 21.5 Å². The number of rotatable bonds is 4. The molecule has 0 fully saturated rings. The molecular formula is C60H37N. The molecule has 0 saturated carbocycles. The van der Waals surface area contributed by atoms with Crippen molar-refractivity contribution in [3.8, 4) is 39.1 Å². The number of hydrogen-bond acceptors (Lipinski definition) is 0. The Morgan fingerprint density at radius 2 is 0.623 bits per heavy atom. The summed E-state index contributed by atoms with van der Waals surface area (Å²) in [7, 11) is 0. The Hall–Kier alpha value is -8.00. The third kappa shape index (κ3) is 4.95. The van der Waals surface area contributed by atoms with E-state index in [1.165, 1.54) is 126 Å². The first-order valence-corrected chi connectivity index (χ1v) is 21.2. The largest absolute Gasteiger partial charge is 0.308 e. The van der Waals surface area contributed by atoms with Crippen molar-refractivity contribution in [2.24, 2.45) is 0 Å². The number of aromatic nitrogens is 1. The van der Waals surface area contributed by atoms with Crippen LogP contribution in [-0.4, -0.2) is 4.57 Å². The van der Waals surface area contributed by atoms with Gasteiger partial charge in [-0.2, -0.15) is 0 Å². The van der Waals surface area contributed by atoms with Gasteiger partial charge in [0.2, 0.25) is 0 Å². The van der Waals surface area contributed by atoms with Gasteiger partial charge in [0.15, 0.2) is 0 Å². The van der Waals surface area contributed by atoms with Gasteiger partial charge in [-0.15, -0.1) is 0 Å². The molecule has 12 aromatic carbocycles. The Morgan fingerprint density at radius 3 is 1.15 bits per heavy atom. The Kier molecular flexibility index (Phi) is 7.37. The van der Waals surface area contributed by atoms with Crippen LogP contribution in [0.4, 0.5) is 0 Å². The molecule has 0 saturated heterocycles. The standard InChI is InChI=1S/C60H37N/c1-3-17-38(18-4-1)42-31-34-49-52(37-42)55(41-21-5-2-6-22-41)45-25-11-12-26-46(45)56(49)57-47-27-13-15-29-50(47)60(51-30-16-14-28-48(51)57)61-53-35-32-39-19-7-9-23-43(39)58(53)59-44-24-10-8-20-40(44)33-36-54(59)61/h1-37H. The minimum Gasteiger partial charge on any atom is -0.308 e. The van der Waals surface area contributed by atoms with Crippen molar-refractivity contribution in [3.05, 3.63) is 224 Å². The van der Waals surface area contributed by atoms with Crippen LogP contribution in [0, 0.1) is 0 Å². The molecule has 0 unspecified atom stereocenters. The minimum atomic E-state index is 1.21. The van der Waals surface area contributed by atoms with Crippen molar-refractivity contribution in [3.63, 3.8) is 0 Å². The number of benzene rings is 12.